The lowest BCUT2D eigenvalue weighted by molar-refractivity contribution is -0.140. The molecule has 1 atom stereocenters. The number of amides is 2. The summed E-state index contributed by atoms with van der Waals surface area (Å²) in [7, 11) is 0. The average Bonchev–Trinajstić information content (AvgIpc) is 2.36. The molecule has 0 aromatic heterocycles. The largest absolute Gasteiger partial charge is 0.481 e. The van der Waals surface area contributed by atoms with Gasteiger partial charge in [0, 0.05) is 13.1 Å². The van der Waals surface area contributed by atoms with Crippen molar-refractivity contribution < 1.29 is 14.7 Å². The molecule has 0 spiro atoms. The molecule has 0 radical (unpaired) electrons. The van der Waals surface area contributed by atoms with E-state index in [1.165, 1.54) is 11.1 Å². The lowest BCUT2D eigenvalue weighted by Crippen LogP contribution is -2.40. The molecule has 104 valence electrons. The van der Waals surface area contributed by atoms with Crippen LogP contribution in [0.3, 0.4) is 0 Å². The smallest absolute Gasteiger partial charge is 0.314 e. The zero-order valence-corrected chi connectivity index (χ0v) is 11.3. The zero-order valence-electron chi connectivity index (χ0n) is 11.3. The van der Waals surface area contributed by atoms with Crippen LogP contribution in [0.5, 0.6) is 0 Å². The van der Waals surface area contributed by atoms with Crippen molar-refractivity contribution in [3.8, 4) is 0 Å². The Hall–Kier alpha value is -2.04. The van der Waals surface area contributed by atoms with Crippen LogP contribution in [0.4, 0.5) is 4.79 Å². The van der Waals surface area contributed by atoms with E-state index in [1.54, 1.807) is 6.92 Å². The highest BCUT2D eigenvalue weighted by molar-refractivity contribution is 5.75. The molecule has 0 aliphatic carbocycles. The Balaban J connectivity index is 2.22. The summed E-state index contributed by atoms with van der Waals surface area (Å²) in [4.78, 5) is 22.0. The van der Waals surface area contributed by atoms with Gasteiger partial charge in [0.25, 0.3) is 0 Å². The third-order valence-corrected chi connectivity index (χ3v) is 2.77. The second-order valence-electron chi connectivity index (χ2n) is 4.62. The monoisotopic (exact) mass is 264 g/mol. The van der Waals surface area contributed by atoms with E-state index in [-0.39, 0.29) is 12.6 Å². The molecule has 3 N–H and O–H groups in total. The SMILES string of the molecule is Cc1cccc(CCNC(=O)NCC(C)C(=O)O)c1. The van der Waals surface area contributed by atoms with E-state index in [0.717, 1.165) is 6.42 Å². The first kappa shape index (κ1) is 15.0. The van der Waals surface area contributed by atoms with Crippen LogP contribution in [0.25, 0.3) is 0 Å². The highest BCUT2D eigenvalue weighted by atomic mass is 16.4. The van der Waals surface area contributed by atoms with Gasteiger partial charge in [0.15, 0.2) is 0 Å². The number of rotatable bonds is 6. The lowest BCUT2D eigenvalue weighted by atomic mass is 10.1. The fourth-order valence-corrected chi connectivity index (χ4v) is 1.58. The van der Waals surface area contributed by atoms with Gasteiger partial charge in [-0.2, -0.15) is 0 Å². The predicted octanol–water partition coefficient (Wildman–Crippen LogP) is 1.56. The van der Waals surface area contributed by atoms with E-state index in [9.17, 15) is 9.59 Å². The molecule has 0 saturated heterocycles. The number of carboxylic acids is 1. The molecule has 19 heavy (non-hydrogen) atoms. The van der Waals surface area contributed by atoms with Gasteiger partial charge in [0.05, 0.1) is 5.92 Å². The van der Waals surface area contributed by atoms with Crippen molar-refractivity contribution in [3.05, 3.63) is 35.4 Å². The minimum Gasteiger partial charge on any atom is -0.481 e. The van der Waals surface area contributed by atoms with E-state index < -0.39 is 11.9 Å². The molecule has 2 amide bonds. The van der Waals surface area contributed by atoms with Crippen molar-refractivity contribution in [2.24, 2.45) is 5.92 Å². The van der Waals surface area contributed by atoms with Crippen LogP contribution in [0.1, 0.15) is 18.1 Å². The third kappa shape index (κ3) is 5.90. The van der Waals surface area contributed by atoms with E-state index >= 15 is 0 Å². The third-order valence-electron chi connectivity index (χ3n) is 2.77. The molecule has 0 heterocycles. The summed E-state index contributed by atoms with van der Waals surface area (Å²) >= 11 is 0. The summed E-state index contributed by atoms with van der Waals surface area (Å²) in [6.07, 6.45) is 0.754. The Morgan fingerprint density at radius 1 is 1.32 bits per heavy atom. The number of aliphatic carboxylic acids is 1. The fraction of sp³-hybridized carbons (Fsp3) is 0.429. The first-order valence-electron chi connectivity index (χ1n) is 6.29. The number of urea groups is 1. The van der Waals surface area contributed by atoms with E-state index in [4.69, 9.17) is 5.11 Å². The van der Waals surface area contributed by atoms with Crippen LogP contribution in [0, 0.1) is 12.8 Å². The molecule has 0 saturated carbocycles. The van der Waals surface area contributed by atoms with Gasteiger partial charge in [-0.05, 0) is 18.9 Å². The molecular formula is C14H20N2O3. The molecule has 0 bridgehead atoms. The molecular weight excluding hydrogens is 244 g/mol. The van der Waals surface area contributed by atoms with Crippen LogP contribution >= 0.6 is 0 Å². The lowest BCUT2D eigenvalue weighted by Gasteiger charge is -2.10. The minimum atomic E-state index is -0.917. The maximum atomic E-state index is 11.4. The van der Waals surface area contributed by atoms with Crippen molar-refractivity contribution in [1.29, 1.82) is 0 Å². The number of hydrogen-bond acceptors (Lipinski definition) is 2. The maximum Gasteiger partial charge on any atom is 0.314 e. The molecule has 0 fully saturated rings. The second kappa shape index (κ2) is 7.41. The van der Waals surface area contributed by atoms with Crippen molar-refractivity contribution in [2.45, 2.75) is 20.3 Å². The van der Waals surface area contributed by atoms with Gasteiger partial charge in [0.1, 0.15) is 0 Å². The number of carbonyl (C=O) groups is 2. The van der Waals surface area contributed by atoms with Crippen molar-refractivity contribution in [1.82, 2.24) is 10.6 Å². The number of carbonyl (C=O) groups excluding carboxylic acids is 1. The van der Waals surface area contributed by atoms with Crippen LogP contribution in [-0.4, -0.2) is 30.2 Å². The number of hydrogen-bond donors (Lipinski definition) is 3. The van der Waals surface area contributed by atoms with E-state index in [2.05, 4.69) is 16.7 Å². The number of carboxylic acid groups (broad SMARTS) is 1. The maximum absolute atomic E-state index is 11.4. The number of nitrogens with one attached hydrogen (secondary N) is 2. The Kier molecular flexibility index (Phi) is 5.85. The fourth-order valence-electron chi connectivity index (χ4n) is 1.58. The summed E-state index contributed by atoms with van der Waals surface area (Å²) in [6, 6.07) is 7.77. The van der Waals surface area contributed by atoms with Gasteiger partial charge in [-0.1, -0.05) is 36.8 Å². The Morgan fingerprint density at radius 3 is 2.68 bits per heavy atom. The molecule has 1 aromatic rings. The topological polar surface area (TPSA) is 78.4 Å². The average molecular weight is 264 g/mol. The van der Waals surface area contributed by atoms with Crippen LogP contribution in [0.2, 0.25) is 0 Å². The van der Waals surface area contributed by atoms with Crippen LogP contribution in [0.15, 0.2) is 24.3 Å². The summed E-state index contributed by atoms with van der Waals surface area (Å²) < 4.78 is 0. The predicted molar refractivity (Wildman–Crippen MR) is 73.1 cm³/mol. The van der Waals surface area contributed by atoms with E-state index in [1.807, 2.05) is 25.1 Å². The summed E-state index contributed by atoms with van der Waals surface area (Å²) in [5.41, 5.74) is 2.36. The molecule has 0 aliphatic heterocycles. The Labute approximate surface area is 113 Å². The van der Waals surface area contributed by atoms with Gasteiger partial charge >= 0.3 is 12.0 Å². The van der Waals surface area contributed by atoms with Crippen LogP contribution in [-0.2, 0) is 11.2 Å². The van der Waals surface area contributed by atoms with E-state index in [0.29, 0.717) is 6.54 Å². The standard InChI is InChI=1S/C14H20N2O3/c1-10-4-3-5-12(8-10)6-7-15-14(19)16-9-11(2)13(17)18/h3-5,8,11H,6-7,9H2,1-2H3,(H,17,18)(H2,15,16,19). The highest BCUT2D eigenvalue weighted by Gasteiger charge is 2.11. The van der Waals surface area contributed by atoms with Crippen molar-refractivity contribution >= 4 is 12.0 Å². The number of aryl methyl sites for hydroxylation is 1. The van der Waals surface area contributed by atoms with Crippen LogP contribution < -0.4 is 10.6 Å². The number of benzene rings is 1. The first-order chi connectivity index (χ1) is 8.99. The van der Waals surface area contributed by atoms with Gasteiger partial charge in [-0.25, -0.2) is 4.79 Å². The van der Waals surface area contributed by atoms with Gasteiger partial charge in [-0.3, -0.25) is 4.79 Å². The molecule has 5 heteroatoms. The normalized spacial score (nSPS) is 11.7. The molecule has 5 nitrogen and oxygen atoms in total. The highest BCUT2D eigenvalue weighted by Crippen LogP contribution is 2.03. The second-order valence-corrected chi connectivity index (χ2v) is 4.62. The van der Waals surface area contributed by atoms with Crippen molar-refractivity contribution in [2.75, 3.05) is 13.1 Å². The summed E-state index contributed by atoms with van der Waals surface area (Å²) in [5, 5.41) is 13.9. The van der Waals surface area contributed by atoms with Gasteiger partial charge in [0.2, 0.25) is 0 Å². The van der Waals surface area contributed by atoms with Gasteiger partial charge < -0.3 is 15.7 Å². The Bertz CT molecular complexity index is 446. The van der Waals surface area contributed by atoms with Gasteiger partial charge in [-0.15, -0.1) is 0 Å². The first-order valence-corrected chi connectivity index (χ1v) is 6.29. The molecule has 1 unspecified atom stereocenters. The van der Waals surface area contributed by atoms with Crippen molar-refractivity contribution in [3.63, 3.8) is 0 Å². The Morgan fingerprint density at radius 2 is 2.05 bits per heavy atom. The minimum absolute atomic E-state index is 0.131. The summed E-state index contributed by atoms with van der Waals surface area (Å²) in [6.45, 7) is 4.23. The molecule has 0 aliphatic rings. The summed E-state index contributed by atoms with van der Waals surface area (Å²) in [5.74, 6) is -1.50. The quantitative estimate of drug-likeness (QED) is 0.729. The molecule has 1 rings (SSSR count). The zero-order chi connectivity index (χ0) is 14.3. The molecule has 1 aromatic carbocycles.